The zero-order chi connectivity index (χ0) is 22.9. The summed E-state index contributed by atoms with van der Waals surface area (Å²) in [6.45, 7) is 3.54. The Kier molecular flexibility index (Phi) is 9.15. The summed E-state index contributed by atoms with van der Waals surface area (Å²) in [6, 6.07) is 13.2. The molecule has 1 unspecified atom stereocenters. The van der Waals surface area contributed by atoms with Crippen molar-refractivity contribution in [3.05, 3.63) is 53.6 Å². The molecule has 170 valence electrons. The van der Waals surface area contributed by atoms with Crippen LogP contribution in [0.1, 0.15) is 29.3 Å². The van der Waals surface area contributed by atoms with Crippen LogP contribution >= 0.6 is 0 Å². The summed E-state index contributed by atoms with van der Waals surface area (Å²) in [4.78, 5) is 15.2. The second-order valence-corrected chi connectivity index (χ2v) is 7.16. The predicted molar refractivity (Wildman–Crippen MR) is 119 cm³/mol. The number of likely N-dealkylation sites (N-methyl/N-ethyl adjacent to an activating group) is 1. The van der Waals surface area contributed by atoms with E-state index in [2.05, 4.69) is 24.0 Å². The van der Waals surface area contributed by atoms with Gasteiger partial charge < -0.3 is 23.7 Å². The first-order valence-corrected chi connectivity index (χ1v) is 10.2. The Balaban J connectivity index is 2.33. The zero-order valence-corrected chi connectivity index (χ0v) is 19.3. The Morgan fingerprint density at radius 1 is 0.968 bits per heavy atom. The fourth-order valence-electron chi connectivity index (χ4n) is 3.65. The van der Waals surface area contributed by atoms with Gasteiger partial charge in [0.2, 0.25) is 5.75 Å². The zero-order valence-electron chi connectivity index (χ0n) is 19.3. The maximum atomic E-state index is 13.0. The smallest absolute Gasteiger partial charge is 0.338 e. The number of carbonyl (C=O) groups excluding carboxylic acids is 1. The Bertz CT molecular complexity index is 816. The number of benzene rings is 2. The minimum absolute atomic E-state index is 0.184. The molecule has 0 saturated carbocycles. The van der Waals surface area contributed by atoms with Crippen molar-refractivity contribution in [3.8, 4) is 17.2 Å². The van der Waals surface area contributed by atoms with Crippen LogP contribution < -0.4 is 14.2 Å². The first-order valence-electron chi connectivity index (χ1n) is 10.2. The van der Waals surface area contributed by atoms with E-state index in [1.54, 1.807) is 19.2 Å². The van der Waals surface area contributed by atoms with E-state index < -0.39 is 11.5 Å². The molecular formula is C24H33NO6. The second kappa shape index (κ2) is 11.6. The van der Waals surface area contributed by atoms with E-state index >= 15 is 0 Å². The fraction of sp³-hybridized carbons (Fsp3) is 0.458. The molecule has 0 aliphatic heterocycles. The van der Waals surface area contributed by atoms with E-state index in [-0.39, 0.29) is 6.61 Å². The molecule has 2 aromatic carbocycles. The third-order valence-corrected chi connectivity index (χ3v) is 5.60. The molecular weight excluding hydrogens is 398 g/mol. The number of rotatable bonds is 12. The average molecular weight is 432 g/mol. The minimum atomic E-state index is -0.490. The van der Waals surface area contributed by atoms with Crippen molar-refractivity contribution < 1.29 is 28.5 Å². The molecule has 0 saturated heterocycles. The molecule has 0 heterocycles. The normalized spacial score (nSPS) is 12.9. The van der Waals surface area contributed by atoms with Crippen LogP contribution in [0.25, 0.3) is 0 Å². The van der Waals surface area contributed by atoms with Gasteiger partial charge in [-0.1, -0.05) is 37.3 Å². The number of methoxy groups -OCH3 is 4. The minimum Gasteiger partial charge on any atom is -0.493 e. The van der Waals surface area contributed by atoms with Gasteiger partial charge in [-0.05, 0) is 31.2 Å². The molecule has 1 atom stereocenters. The molecule has 31 heavy (non-hydrogen) atoms. The van der Waals surface area contributed by atoms with Crippen molar-refractivity contribution in [1.82, 2.24) is 4.90 Å². The average Bonchev–Trinajstić information content (AvgIpc) is 2.82. The molecule has 2 rings (SSSR count). The van der Waals surface area contributed by atoms with Crippen LogP contribution in [0, 0.1) is 0 Å². The Hall–Kier alpha value is -2.77. The molecule has 7 nitrogen and oxygen atoms in total. The topological polar surface area (TPSA) is 66.5 Å². The Morgan fingerprint density at radius 2 is 1.58 bits per heavy atom. The lowest BCUT2D eigenvalue weighted by Gasteiger charge is -2.41. The maximum Gasteiger partial charge on any atom is 0.338 e. The highest BCUT2D eigenvalue weighted by molar-refractivity contribution is 5.91. The van der Waals surface area contributed by atoms with Gasteiger partial charge in [0.1, 0.15) is 6.61 Å². The van der Waals surface area contributed by atoms with Gasteiger partial charge in [0.05, 0.1) is 39.0 Å². The molecule has 0 spiro atoms. The number of hydrogen-bond donors (Lipinski definition) is 0. The first-order chi connectivity index (χ1) is 15.0. The van der Waals surface area contributed by atoms with E-state index in [9.17, 15) is 4.79 Å². The lowest BCUT2D eigenvalue weighted by molar-refractivity contribution is -0.00325. The number of nitrogens with zero attached hydrogens (tertiary/aromatic N) is 1. The molecule has 0 bridgehead atoms. The van der Waals surface area contributed by atoms with E-state index in [1.807, 2.05) is 25.2 Å². The van der Waals surface area contributed by atoms with Crippen LogP contribution in [0.2, 0.25) is 0 Å². The standard InChI is InChI=1S/C24H33NO6/c1-7-24(25(2)13-14-27-3,19-11-9-8-10-12-19)17-31-23(26)18-15-20(28-4)22(30-6)21(16-18)29-5/h8-12,15-16H,7,13-14,17H2,1-6H3. The van der Waals surface area contributed by atoms with Crippen LogP contribution in [0.15, 0.2) is 42.5 Å². The summed E-state index contributed by atoms with van der Waals surface area (Å²) in [5, 5.41) is 0. The Labute approximate surface area is 184 Å². The molecule has 0 fully saturated rings. The summed E-state index contributed by atoms with van der Waals surface area (Å²) in [6.07, 6.45) is 0.750. The largest absolute Gasteiger partial charge is 0.493 e. The van der Waals surface area contributed by atoms with Crippen LogP contribution in [-0.2, 0) is 15.0 Å². The van der Waals surface area contributed by atoms with Crippen molar-refractivity contribution in [1.29, 1.82) is 0 Å². The fourth-order valence-corrected chi connectivity index (χ4v) is 3.65. The van der Waals surface area contributed by atoms with E-state index in [0.29, 0.717) is 36.0 Å². The predicted octanol–water partition coefficient (Wildman–Crippen LogP) is 3.75. The highest BCUT2D eigenvalue weighted by atomic mass is 16.5. The van der Waals surface area contributed by atoms with Gasteiger partial charge in [-0.2, -0.15) is 0 Å². The van der Waals surface area contributed by atoms with Crippen LogP contribution in [0.4, 0.5) is 0 Å². The summed E-state index contributed by atoms with van der Waals surface area (Å²) in [7, 11) is 8.23. The van der Waals surface area contributed by atoms with Gasteiger partial charge in [0, 0.05) is 13.7 Å². The van der Waals surface area contributed by atoms with Crippen molar-refractivity contribution in [3.63, 3.8) is 0 Å². The molecule has 0 radical (unpaired) electrons. The van der Waals surface area contributed by atoms with Gasteiger partial charge in [0.25, 0.3) is 0 Å². The van der Waals surface area contributed by atoms with Crippen LogP contribution in [-0.4, -0.2) is 66.1 Å². The number of carbonyl (C=O) groups is 1. The van der Waals surface area contributed by atoms with E-state index in [0.717, 1.165) is 12.0 Å². The van der Waals surface area contributed by atoms with Gasteiger partial charge in [0.15, 0.2) is 11.5 Å². The second-order valence-electron chi connectivity index (χ2n) is 7.16. The molecule has 0 aromatic heterocycles. The molecule has 0 amide bonds. The molecule has 0 N–H and O–H groups in total. The summed E-state index contributed by atoms with van der Waals surface area (Å²) >= 11 is 0. The molecule has 2 aromatic rings. The van der Waals surface area contributed by atoms with Crippen molar-refractivity contribution in [2.45, 2.75) is 18.9 Å². The van der Waals surface area contributed by atoms with E-state index in [4.69, 9.17) is 23.7 Å². The van der Waals surface area contributed by atoms with Crippen molar-refractivity contribution in [2.75, 3.05) is 55.2 Å². The third-order valence-electron chi connectivity index (χ3n) is 5.60. The maximum absolute atomic E-state index is 13.0. The van der Waals surface area contributed by atoms with Gasteiger partial charge in [-0.25, -0.2) is 4.79 Å². The first kappa shape index (κ1) is 24.5. The number of ether oxygens (including phenoxy) is 5. The summed E-state index contributed by atoms with van der Waals surface area (Å²) < 4.78 is 27.1. The van der Waals surface area contributed by atoms with E-state index in [1.165, 1.54) is 21.3 Å². The molecule has 7 heteroatoms. The van der Waals surface area contributed by atoms with Crippen LogP contribution in [0.5, 0.6) is 17.2 Å². The third kappa shape index (κ3) is 5.48. The van der Waals surface area contributed by atoms with Gasteiger partial charge in [-0.3, -0.25) is 4.90 Å². The summed E-state index contributed by atoms with van der Waals surface area (Å²) in [5.41, 5.74) is 0.914. The SMILES string of the molecule is CCC(COC(=O)c1cc(OC)c(OC)c(OC)c1)(c1ccccc1)N(C)CCOC. The number of hydrogen-bond acceptors (Lipinski definition) is 7. The van der Waals surface area contributed by atoms with Gasteiger partial charge in [-0.15, -0.1) is 0 Å². The summed E-state index contributed by atoms with van der Waals surface area (Å²) in [5.74, 6) is 0.757. The lowest BCUT2D eigenvalue weighted by Crippen LogP contribution is -2.48. The Morgan fingerprint density at radius 3 is 2.06 bits per heavy atom. The molecule has 0 aliphatic carbocycles. The highest BCUT2D eigenvalue weighted by Gasteiger charge is 2.36. The quantitative estimate of drug-likeness (QED) is 0.474. The monoisotopic (exact) mass is 431 g/mol. The van der Waals surface area contributed by atoms with Crippen LogP contribution in [0.3, 0.4) is 0 Å². The number of esters is 1. The lowest BCUT2D eigenvalue weighted by atomic mass is 9.86. The van der Waals surface area contributed by atoms with Crippen molar-refractivity contribution >= 4 is 5.97 Å². The van der Waals surface area contributed by atoms with Crippen molar-refractivity contribution in [2.24, 2.45) is 0 Å². The highest BCUT2D eigenvalue weighted by Crippen LogP contribution is 2.39. The van der Waals surface area contributed by atoms with Gasteiger partial charge >= 0.3 is 5.97 Å². The molecule has 0 aliphatic rings.